The van der Waals surface area contributed by atoms with Gasteiger partial charge in [-0.05, 0) is 38.0 Å². The zero-order chi connectivity index (χ0) is 12.4. The largest absolute Gasteiger partial charge is 0.343 e. The van der Waals surface area contributed by atoms with E-state index in [0.29, 0.717) is 36.4 Å². The summed E-state index contributed by atoms with van der Waals surface area (Å²) in [7, 11) is 2.00. The molecule has 2 unspecified atom stereocenters. The molecule has 0 aromatic heterocycles. The first-order valence-corrected chi connectivity index (χ1v) is 7.08. The van der Waals surface area contributed by atoms with Crippen molar-refractivity contribution >= 4 is 5.91 Å². The first kappa shape index (κ1) is 12.9. The molecule has 0 spiro atoms. The molecule has 1 N–H and O–H groups in total. The smallest absolute Gasteiger partial charge is 0.222 e. The van der Waals surface area contributed by atoms with Crippen LogP contribution in [-0.4, -0.2) is 36.0 Å². The molecule has 98 valence electrons. The Morgan fingerprint density at radius 2 is 1.88 bits per heavy atom. The Kier molecular flexibility index (Phi) is 4.08. The maximum atomic E-state index is 12.1. The third kappa shape index (κ3) is 3.21. The van der Waals surface area contributed by atoms with E-state index >= 15 is 0 Å². The summed E-state index contributed by atoms with van der Waals surface area (Å²) in [5, 5.41) is 3.63. The number of fused-ring (bicyclic) bond motifs is 2. The van der Waals surface area contributed by atoms with E-state index in [-0.39, 0.29) is 0 Å². The second-order valence-corrected chi connectivity index (χ2v) is 6.20. The monoisotopic (exact) mass is 238 g/mol. The van der Waals surface area contributed by atoms with Crippen molar-refractivity contribution in [2.24, 2.45) is 5.92 Å². The van der Waals surface area contributed by atoms with Gasteiger partial charge in [0.1, 0.15) is 0 Å². The minimum Gasteiger partial charge on any atom is -0.343 e. The molecule has 0 aromatic carbocycles. The van der Waals surface area contributed by atoms with Gasteiger partial charge in [0.15, 0.2) is 0 Å². The van der Waals surface area contributed by atoms with Gasteiger partial charge >= 0.3 is 0 Å². The third-order valence-electron chi connectivity index (χ3n) is 4.32. The summed E-state index contributed by atoms with van der Waals surface area (Å²) in [6.45, 7) is 4.36. The van der Waals surface area contributed by atoms with Gasteiger partial charge < -0.3 is 10.2 Å². The minimum atomic E-state index is 0.338. The van der Waals surface area contributed by atoms with Gasteiger partial charge in [0.05, 0.1) is 0 Å². The van der Waals surface area contributed by atoms with Gasteiger partial charge in [0, 0.05) is 31.6 Å². The van der Waals surface area contributed by atoms with Gasteiger partial charge in [0.2, 0.25) is 5.91 Å². The van der Waals surface area contributed by atoms with E-state index < -0.39 is 0 Å². The zero-order valence-electron chi connectivity index (χ0n) is 11.4. The lowest BCUT2D eigenvalue weighted by Gasteiger charge is -2.35. The van der Waals surface area contributed by atoms with Crippen LogP contribution in [0.3, 0.4) is 0 Å². The fourth-order valence-corrected chi connectivity index (χ4v) is 3.14. The highest BCUT2D eigenvalue weighted by Gasteiger charge is 2.36. The maximum absolute atomic E-state index is 12.1. The molecule has 0 aliphatic carbocycles. The predicted molar refractivity (Wildman–Crippen MR) is 69.8 cm³/mol. The molecule has 1 amide bonds. The highest BCUT2D eigenvalue weighted by atomic mass is 16.2. The third-order valence-corrected chi connectivity index (χ3v) is 4.32. The number of rotatable bonds is 4. The lowest BCUT2D eigenvalue weighted by Crippen LogP contribution is -2.48. The van der Waals surface area contributed by atoms with Crippen LogP contribution in [0.2, 0.25) is 0 Å². The zero-order valence-corrected chi connectivity index (χ0v) is 11.4. The molecule has 2 aliphatic heterocycles. The van der Waals surface area contributed by atoms with E-state index in [2.05, 4.69) is 19.2 Å². The van der Waals surface area contributed by atoms with Gasteiger partial charge in [-0.2, -0.15) is 0 Å². The summed E-state index contributed by atoms with van der Waals surface area (Å²) >= 11 is 0. The Labute approximate surface area is 105 Å². The number of carbonyl (C=O) groups excluding carboxylic acids is 1. The van der Waals surface area contributed by atoms with Crippen molar-refractivity contribution in [2.75, 3.05) is 7.05 Å². The Hall–Kier alpha value is -0.570. The van der Waals surface area contributed by atoms with E-state index in [4.69, 9.17) is 0 Å². The molecule has 3 heteroatoms. The highest BCUT2D eigenvalue weighted by molar-refractivity contribution is 5.76. The van der Waals surface area contributed by atoms with Crippen LogP contribution in [0, 0.1) is 5.92 Å². The molecule has 2 aliphatic rings. The fraction of sp³-hybridized carbons (Fsp3) is 0.929. The Balaban J connectivity index is 1.82. The van der Waals surface area contributed by atoms with E-state index in [9.17, 15) is 4.79 Å². The molecule has 3 nitrogen and oxygen atoms in total. The van der Waals surface area contributed by atoms with Crippen molar-refractivity contribution in [2.45, 2.75) is 70.5 Å². The van der Waals surface area contributed by atoms with Crippen molar-refractivity contribution in [1.82, 2.24) is 10.2 Å². The van der Waals surface area contributed by atoms with Gasteiger partial charge in [-0.1, -0.05) is 13.8 Å². The summed E-state index contributed by atoms with van der Waals surface area (Å²) < 4.78 is 0. The van der Waals surface area contributed by atoms with Gasteiger partial charge in [-0.15, -0.1) is 0 Å². The fourth-order valence-electron chi connectivity index (χ4n) is 3.14. The minimum absolute atomic E-state index is 0.338. The molecule has 2 atom stereocenters. The summed E-state index contributed by atoms with van der Waals surface area (Å²) in [6, 6.07) is 1.81. The average molecular weight is 238 g/mol. The first-order chi connectivity index (χ1) is 8.06. The molecule has 2 saturated heterocycles. The summed E-state index contributed by atoms with van der Waals surface area (Å²) in [6.07, 6.45) is 6.64. The van der Waals surface area contributed by atoms with E-state index in [1.807, 2.05) is 11.9 Å². The van der Waals surface area contributed by atoms with Crippen molar-refractivity contribution in [1.29, 1.82) is 0 Å². The van der Waals surface area contributed by atoms with Crippen molar-refractivity contribution in [3.63, 3.8) is 0 Å². The molecule has 0 radical (unpaired) electrons. The number of hydrogen-bond acceptors (Lipinski definition) is 2. The summed E-state index contributed by atoms with van der Waals surface area (Å²) in [4.78, 5) is 14.1. The van der Waals surface area contributed by atoms with Crippen molar-refractivity contribution < 1.29 is 4.79 Å². The number of hydrogen-bond donors (Lipinski definition) is 1. The van der Waals surface area contributed by atoms with Gasteiger partial charge in [-0.25, -0.2) is 0 Å². The lowest BCUT2D eigenvalue weighted by atomic mass is 9.98. The van der Waals surface area contributed by atoms with E-state index in [0.717, 1.165) is 19.3 Å². The standard InChI is InChI=1S/C14H26N2O/c1-10(2)4-7-14(17)16(3)13-8-11-5-6-12(9-13)15-11/h10-13,15H,4-9H2,1-3H3. The quantitative estimate of drug-likeness (QED) is 0.814. The van der Waals surface area contributed by atoms with Crippen LogP contribution in [0.25, 0.3) is 0 Å². The van der Waals surface area contributed by atoms with Crippen molar-refractivity contribution in [3.8, 4) is 0 Å². The van der Waals surface area contributed by atoms with Crippen LogP contribution in [0.15, 0.2) is 0 Å². The molecular weight excluding hydrogens is 212 g/mol. The second-order valence-electron chi connectivity index (χ2n) is 6.20. The van der Waals surface area contributed by atoms with Gasteiger partial charge in [-0.3, -0.25) is 4.79 Å². The maximum Gasteiger partial charge on any atom is 0.222 e. The van der Waals surface area contributed by atoms with Gasteiger partial charge in [0.25, 0.3) is 0 Å². The Bertz CT molecular complexity index is 265. The predicted octanol–water partition coefficient (Wildman–Crippen LogP) is 2.16. The number of nitrogens with one attached hydrogen (secondary N) is 1. The van der Waals surface area contributed by atoms with Crippen molar-refractivity contribution in [3.05, 3.63) is 0 Å². The molecule has 0 aromatic rings. The molecule has 2 heterocycles. The molecule has 0 saturated carbocycles. The highest BCUT2D eigenvalue weighted by Crippen LogP contribution is 2.29. The Morgan fingerprint density at radius 3 is 2.41 bits per heavy atom. The first-order valence-electron chi connectivity index (χ1n) is 7.08. The Morgan fingerprint density at radius 1 is 1.29 bits per heavy atom. The second kappa shape index (κ2) is 5.38. The van der Waals surface area contributed by atoms with Crippen LogP contribution in [0.4, 0.5) is 0 Å². The molecule has 2 rings (SSSR count). The normalized spacial score (nSPS) is 31.9. The molecule has 2 bridgehead atoms. The van der Waals surface area contributed by atoms with Crippen LogP contribution >= 0.6 is 0 Å². The number of piperidine rings is 1. The number of amides is 1. The van der Waals surface area contributed by atoms with E-state index in [1.165, 1.54) is 12.8 Å². The lowest BCUT2D eigenvalue weighted by molar-refractivity contribution is -0.132. The topological polar surface area (TPSA) is 32.3 Å². The number of carbonyl (C=O) groups is 1. The summed E-state index contributed by atoms with van der Waals surface area (Å²) in [5.74, 6) is 0.960. The average Bonchev–Trinajstić information content (AvgIpc) is 2.64. The molecule has 17 heavy (non-hydrogen) atoms. The van der Waals surface area contributed by atoms with E-state index in [1.54, 1.807) is 0 Å². The van der Waals surface area contributed by atoms with Crippen LogP contribution in [0.1, 0.15) is 52.4 Å². The summed E-state index contributed by atoms with van der Waals surface area (Å²) in [5.41, 5.74) is 0. The number of nitrogens with zero attached hydrogens (tertiary/aromatic N) is 1. The van der Waals surface area contributed by atoms with Crippen LogP contribution < -0.4 is 5.32 Å². The van der Waals surface area contributed by atoms with Crippen LogP contribution in [-0.2, 0) is 4.79 Å². The molecular formula is C14H26N2O. The molecule has 2 fully saturated rings. The SMILES string of the molecule is CC(C)CCC(=O)N(C)C1CC2CCC(C1)N2. The van der Waals surface area contributed by atoms with Crippen LogP contribution in [0.5, 0.6) is 0 Å².